The maximum atomic E-state index is 11.9. The number of alkyl halides is 3. The molecule has 0 bridgehead atoms. The quantitative estimate of drug-likeness (QED) is 0.663. The van der Waals surface area contributed by atoms with Crippen molar-refractivity contribution in [1.82, 2.24) is 0 Å². The van der Waals surface area contributed by atoms with E-state index >= 15 is 0 Å². The van der Waals surface area contributed by atoms with E-state index in [-0.39, 0.29) is 12.8 Å². The van der Waals surface area contributed by atoms with Gasteiger partial charge in [0.05, 0.1) is 5.92 Å². The lowest BCUT2D eigenvalue weighted by Gasteiger charge is -2.19. The van der Waals surface area contributed by atoms with Gasteiger partial charge in [-0.25, -0.2) is 0 Å². The third-order valence-electron chi connectivity index (χ3n) is 2.07. The van der Waals surface area contributed by atoms with E-state index in [9.17, 15) is 18.0 Å². The molecule has 1 saturated carbocycles. The molecule has 0 aliphatic heterocycles. The SMILES string of the molecule is O=C1CCC[C@@H]1[C@@H](O)C(F)(F)F. The van der Waals surface area contributed by atoms with Gasteiger partial charge in [-0.1, -0.05) is 0 Å². The summed E-state index contributed by atoms with van der Waals surface area (Å²) in [5.41, 5.74) is 0. The normalized spacial score (nSPS) is 27.7. The van der Waals surface area contributed by atoms with Crippen molar-refractivity contribution < 1.29 is 23.1 Å². The summed E-state index contributed by atoms with van der Waals surface area (Å²) >= 11 is 0. The number of aliphatic hydroxyl groups is 1. The van der Waals surface area contributed by atoms with E-state index in [1.54, 1.807) is 0 Å². The van der Waals surface area contributed by atoms with Crippen LogP contribution in [0, 0.1) is 5.92 Å². The number of ketones is 1. The van der Waals surface area contributed by atoms with Gasteiger partial charge in [0.15, 0.2) is 6.10 Å². The highest BCUT2D eigenvalue weighted by molar-refractivity contribution is 5.83. The third kappa shape index (κ3) is 1.77. The van der Waals surface area contributed by atoms with Crippen molar-refractivity contribution in [3.8, 4) is 0 Å². The van der Waals surface area contributed by atoms with Crippen molar-refractivity contribution in [3.63, 3.8) is 0 Å². The zero-order valence-corrected chi connectivity index (χ0v) is 6.27. The number of carbonyl (C=O) groups is 1. The second kappa shape index (κ2) is 3.05. The summed E-state index contributed by atoms with van der Waals surface area (Å²) in [6.45, 7) is 0. The van der Waals surface area contributed by atoms with Gasteiger partial charge in [0.2, 0.25) is 0 Å². The lowest BCUT2D eigenvalue weighted by atomic mass is 10.00. The van der Waals surface area contributed by atoms with E-state index in [1.807, 2.05) is 0 Å². The predicted octanol–water partition coefficient (Wildman–Crippen LogP) is 1.28. The molecule has 0 aromatic heterocycles. The van der Waals surface area contributed by atoms with Crippen molar-refractivity contribution in [1.29, 1.82) is 0 Å². The van der Waals surface area contributed by atoms with Crippen LogP contribution in [-0.4, -0.2) is 23.2 Å². The summed E-state index contributed by atoms with van der Waals surface area (Å²) in [5, 5.41) is 8.71. The molecular weight excluding hydrogens is 173 g/mol. The molecule has 0 heterocycles. The largest absolute Gasteiger partial charge is 0.415 e. The summed E-state index contributed by atoms with van der Waals surface area (Å²) in [6, 6.07) is 0. The lowest BCUT2D eigenvalue weighted by Crippen LogP contribution is -2.37. The molecule has 0 amide bonds. The first-order chi connectivity index (χ1) is 5.43. The Kier molecular flexibility index (Phi) is 2.41. The second-order valence-corrected chi connectivity index (χ2v) is 2.95. The molecule has 5 heteroatoms. The molecule has 2 nitrogen and oxygen atoms in total. The highest BCUT2D eigenvalue weighted by Crippen LogP contribution is 2.33. The number of halogens is 3. The Balaban J connectivity index is 2.63. The molecule has 2 atom stereocenters. The molecule has 1 rings (SSSR count). The molecule has 0 aromatic carbocycles. The van der Waals surface area contributed by atoms with Gasteiger partial charge in [0.1, 0.15) is 5.78 Å². The summed E-state index contributed by atoms with van der Waals surface area (Å²) < 4.78 is 35.6. The Bertz CT molecular complexity index is 188. The fourth-order valence-corrected chi connectivity index (χ4v) is 1.40. The van der Waals surface area contributed by atoms with Crippen molar-refractivity contribution in [2.45, 2.75) is 31.5 Å². The Morgan fingerprint density at radius 2 is 2.08 bits per heavy atom. The standard InChI is InChI=1S/C7H9F3O2/c8-7(9,10)6(12)4-2-1-3-5(4)11/h4,6,12H,1-3H2/t4-,6+/m0/s1. The first-order valence-corrected chi connectivity index (χ1v) is 3.70. The maximum Gasteiger partial charge on any atom is 0.415 e. The summed E-state index contributed by atoms with van der Waals surface area (Å²) in [4.78, 5) is 10.8. The Morgan fingerprint density at radius 1 is 1.50 bits per heavy atom. The number of hydrogen-bond acceptors (Lipinski definition) is 2. The van der Waals surface area contributed by atoms with Gasteiger partial charge in [-0.15, -0.1) is 0 Å². The second-order valence-electron chi connectivity index (χ2n) is 2.95. The van der Waals surface area contributed by atoms with Gasteiger partial charge in [-0.2, -0.15) is 13.2 Å². The molecule has 1 aliphatic rings. The fraction of sp³-hybridized carbons (Fsp3) is 0.857. The van der Waals surface area contributed by atoms with Crippen LogP contribution >= 0.6 is 0 Å². The zero-order valence-electron chi connectivity index (χ0n) is 6.27. The Labute approximate surface area is 67.4 Å². The molecule has 0 radical (unpaired) electrons. The van der Waals surface area contributed by atoms with Gasteiger partial charge < -0.3 is 5.11 Å². The lowest BCUT2D eigenvalue weighted by molar-refractivity contribution is -0.217. The molecule has 70 valence electrons. The van der Waals surface area contributed by atoms with Gasteiger partial charge in [-0.3, -0.25) is 4.79 Å². The highest BCUT2D eigenvalue weighted by atomic mass is 19.4. The summed E-state index contributed by atoms with van der Waals surface area (Å²) in [5.74, 6) is -1.69. The third-order valence-corrected chi connectivity index (χ3v) is 2.07. The number of carbonyl (C=O) groups excluding carboxylic acids is 1. The minimum absolute atomic E-state index is 0.152. The molecule has 0 spiro atoms. The monoisotopic (exact) mass is 182 g/mol. The van der Waals surface area contributed by atoms with E-state index in [0.717, 1.165) is 0 Å². The fourth-order valence-electron chi connectivity index (χ4n) is 1.40. The minimum atomic E-state index is -4.66. The van der Waals surface area contributed by atoms with E-state index in [0.29, 0.717) is 6.42 Å². The van der Waals surface area contributed by atoms with Crippen molar-refractivity contribution >= 4 is 5.78 Å². The minimum Gasteiger partial charge on any atom is -0.383 e. The Hall–Kier alpha value is -0.580. The van der Waals surface area contributed by atoms with E-state index in [4.69, 9.17) is 5.11 Å². The summed E-state index contributed by atoms with van der Waals surface area (Å²) in [7, 11) is 0. The van der Waals surface area contributed by atoms with Crippen LogP contribution < -0.4 is 0 Å². The van der Waals surface area contributed by atoms with Crippen molar-refractivity contribution in [3.05, 3.63) is 0 Å². The summed E-state index contributed by atoms with van der Waals surface area (Å²) in [6.07, 6.45) is -6.36. The Morgan fingerprint density at radius 3 is 2.42 bits per heavy atom. The van der Waals surface area contributed by atoms with Crippen molar-refractivity contribution in [2.24, 2.45) is 5.92 Å². The number of aliphatic hydroxyl groups excluding tert-OH is 1. The molecule has 1 fully saturated rings. The van der Waals surface area contributed by atoms with Crippen LogP contribution in [-0.2, 0) is 4.79 Å². The van der Waals surface area contributed by atoms with Crippen LogP contribution in [0.3, 0.4) is 0 Å². The average Bonchev–Trinajstić information content (AvgIpc) is 2.31. The number of hydrogen-bond donors (Lipinski definition) is 1. The predicted molar refractivity (Wildman–Crippen MR) is 34.4 cm³/mol. The molecule has 1 N–H and O–H groups in total. The van der Waals surface area contributed by atoms with Crippen LogP contribution in [0.25, 0.3) is 0 Å². The topological polar surface area (TPSA) is 37.3 Å². The first-order valence-electron chi connectivity index (χ1n) is 3.70. The van der Waals surface area contributed by atoms with E-state index < -0.39 is 24.0 Å². The zero-order chi connectivity index (χ0) is 9.35. The molecule has 0 unspecified atom stereocenters. The highest BCUT2D eigenvalue weighted by Gasteiger charge is 2.47. The van der Waals surface area contributed by atoms with Crippen LogP contribution in [0.15, 0.2) is 0 Å². The van der Waals surface area contributed by atoms with Crippen LogP contribution in [0.5, 0.6) is 0 Å². The van der Waals surface area contributed by atoms with Gasteiger partial charge in [0.25, 0.3) is 0 Å². The van der Waals surface area contributed by atoms with Crippen molar-refractivity contribution in [2.75, 3.05) is 0 Å². The van der Waals surface area contributed by atoms with Crippen LogP contribution in [0.4, 0.5) is 13.2 Å². The number of Topliss-reactive ketones (excluding diaryl/α,β-unsaturated/α-hetero) is 1. The van der Waals surface area contributed by atoms with Gasteiger partial charge in [-0.05, 0) is 12.8 Å². The molecule has 1 aliphatic carbocycles. The maximum absolute atomic E-state index is 11.9. The molecular formula is C7H9F3O2. The van der Waals surface area contributed by atoms with Gasteiger partial charge in [0, 0.05) is 6.42 Å². The molecule has 0 saturated heterocycles. The molecule has 12 heavy (non-hydrogen) atoms. The van der Waals surface area contributed by atoms with Crippen LogP contribution in [0.2, 0.25) is 0 Å². The van der Waals surface area contributed by atoms with E-state index in [1.165, 1.54) is 0 Å². The average molecular weight is 182 g/mol. The smallest absolute Gasteiger partial charge is 0.383 e. The molecule has 0 aromatic rings. The van der Waals surface area contributed by atoms with Gasteiger partial charge >= 0.3 is 6.18 Å². The van der Waals surface area contributed by atoms with Crippen LogP contribution in [0.1, 0.15) is 19.3 Å². The number of rotatable bonds is 1. The first kappa shape index (κ1) is 9.51. The van der Waals surface area contributed by atoms with E-state index in [2.05, 4.69) is 0 Å².